The first-order chi connectivity index (χ1) is 13.6. The number of benzene rings is 1. The van der Waals surface area contributed by atoms with Crippen LogP contribution in [0.3, 0.4) is 0 Å². The minimum absolute atomic E-state index is 0.0148. The lowest BCUT2D eigenvalue weighted by atomic mass is 9.99. The second-order valence-electron chi connectivity index (χ2n) is 7.76. The standard InChI is InChI=1S/C23H28N4O/c1-17-6-4-5-7-21(17)11-19-10-18(2)25-22(12-19)23-16-27(8-9-28-23)15-20-13-24-26(3)14-20/h4-7,10,12-14,23H,8-9,11,15-16H2,1-3H3. The highest BCUT2D eigenvalue weighted by atomic mass is 16.5. The molecule has 1 aliphatic heterocycles. The number of hydrogen-bond donors (Lipinski definition) is 0. The van der Waals surface area contributed by atoms with E-state index in [0.29, 0.717) is 0 Å². The van der Waals surface area contributed by atoms with Gasteiger partial charge in [-0.3, -0.25) is 14.6 Å². The monoisotopic (exact) mass is 376 g/mol. The average Bonchev–Trinajstić information content (AvgIpc) is 3.08. The van der Waals surface area contributed by atoms with Gasteiger partial charge in [0.25, 0.3) is 0 Å². The molecule has 0 aliphatic carbocycles. The Hall–Kier alpha value is -2.50. The van der Waals surface area contributed by atoms with Crippen LogP contribution < -0.4 is 0 Å². The third kappa shape index (κ3) is 4.49. The van der Waals surface area contributed by atoms with Gasteiger partial charge in [-0.1, -0.05) is 24.3 Å². The van der Waals surface area contributed by atoms with E-state index in [0.717, 1.165) is 44.0 Å². The minimum atomic E-state index is 0.0148. The largest absolute Gasteiger partial charge is 0.369 e. The van der Waals surface area contributed by atoms with E-state index >= 15 is 0 Å². The molecule has 0 amide bonds. The molecule has 28 heavy (non-hydrogen) atoms. The van der Waals surface area contributed by atoms with Gasteiger partial charge >= 0.3 is 0 Å². The molecule has 0 bridgehead atoms. The lowest BCUT2D eigenvalue weighted by Gasteiger charge is -2.32. The van der Waals surface area contributed by atoms with Gasteiger partial charge in [-0.15, -0.1) is 0 Å². The third-order valence-electron chi connectivity index (χ3n) is 5.33. The molecule has 1 aliphatic rings. The van der Waals surface area contributed by atoms with Crippen molar-refractivity contribution in [3.8, 4) is 0 Å². The molecule has 1 atom stereocenters. The van der Waals surface area contributed by atoms with Gasteiger partial charge in [0.05, 0.1) is 18.5 Å². The molecule has 1 saturated heterocycles. The summed E-state index contributed by atoms with van der Waals surface area (Å²) in [5, 5.41) is 4.28. The zero-order valence-corrected chi connectivity index (χ0v) is 16.9. The number of nitrogens with zero attached hydrogens (tertiary/aromatic N) is 4. The van der Waals surface area contributed by atoms with Crippen LogP contribution in [0.5, 0.6) is 0 Å². The van der Waals surface area contributed by atoms with E-state index in [1.807, 2.05) is 17.9 Å². The summed E-state index contributed by atoms with van der Waals surface area (Å²) in [5.74, 6) is 0. The van der Waals surface area contributed by atoms with Crippen LogP contribution in [0.2, 0.25) is 0 Å². The van der Waals surface area contributed by atoms with Crippen molar-refractivity contribution in [3.63, 3.8) is 0 Å². The summed E-state index contributed by atoms with van der Waals surface area (Å²) in [7, 11) is 1.96. The molecule has 3 heterocycles. The Bertz CT molecular complexity index is 949. The van der Waals surface area contributed by atoms with Gasteiger partial charge in [-0.25, -0.2) is 0 Å². The Balaban J connectivity index is 1.50. The second-order valence-corrected chi connectivity index (χ2v) is 7.76. The van der Waals surface area contributed by atoms with Crippen molar-refractivity contribution >= 4 is 0 Å². The Labute approximate surface area is 167 Å². The summed E-state index contributed by atoms with van der Waals surface area (Å²) in [4.78, 5) is 7.23. The highest BCUT2D eigenvalue weighted by molar-refractivity contribution is 5.33. The molecule has 2 aromatic heterocycles. The van der Waals surface area contributed by atoms with Gasteiger partial charge in [0.2, 0.25) is 0 Å². The maximum absolute atomic E-state index is 6.10. The second kappa shape index (κ2) is 8.25. The maximum Gasteiger partial charge on any atom is 0.112 e. The van der Waals surface area contributed by atoms with Gasteiger partial charge in [0.1, 0.15) is 6.10 Å². The molecule has 0 saturated carbocycles. The fraction of sp³-hybridized carbons (Fsp3) is 0.391. The van der Waals surface area contributed by atoms with E-state index in [2.05, 4.69) is 66.4 Å². The van der Waals surface area contributed by atoms with Crippen LogP contribution in [0.25, 0.3) is 0 Å². The molecule has 0 spiro atoms. The highest BCUT2D eigenvalue weighted by Gasteiger charge is 2.24. The van der Waals surface area contributed by atoms with Gasteiger partial charge in [0, 0.05) is 44.1 Å². The molecule has 146 valence electrons. The average molecular weight is 377 g/mol. The van der Waals surface area contributed by atoms with Crippen LogP contribution >= 0.6 is 0 Å². The van der Waals surface area contributed by atoms with Gasteiger partial charge < -0.3 is 4.74 Å². The van der Waals surface area contributed by atoms with E-state index in [4.69, 9.17) is 9.72 Å². The summed E-state index contributed by atoms with van der Waals surface area (Å²) < 4.78 is 7.95. The Morgan fingerprint density at radius 2 is 2.00 bits per heavy atom. The summed E-state index contributed by atoms with van der Waals surface area (Å²) in [6.07, 6.45) is 4.96. The van der Waals surface area contributed by atoms with E-state index in [1.165, 1.54) is 22.3 Å². The first-order valence-electron chi connectivity index (χ1n) is 9.90. The van der Waals surface area contributed by atoms with Gasteiger partial charge in [-0.05, 0) is 49.1 Å². The zero-order chi connectivity index (χ0) is 19.5. The Kier molecular flexibility index (Phi) is 5.55. The van der Waals surface area contributed by atoms with Crippen LogP contribution in [0.1, 0.15) is 39.7 Å². The predicted molar refractivity (Wildman–Crippen MR) is 110 cm³/mol. The van der Waals surface area contributed by atoms with Crippen molar-refractivity contribution in [2.45, 2.75) is 32.9 Å². The van der Waals surface area contributed by atoms with Crippen LogP contribution in [0.15, 0.2) is 48.8 Å². The summed E-state index contributed by atoms with van der Waals surface area (Å²) >= 11 is 0. The number of pyridine rings is 1. The first kappa shape index (κ1) is 18.8. The SMILES string of the molecule is Cc1cc(Cc2ccccc2C)cc(C2CN(Cc3cnn(C)c3)CCO2)n1. The van der Waals surface area contributed by atoms with Crippen molar-refractivity contribution in [1.82, 2.24) is 19.7 Å². The van der Waals surface area contributed by atoms with Crippen molar-refractivity contribution in [2.24, 2.45) is 7.05 Å². The predicted octanol–water partition coefficient (Wildman–Crippen LogP) is 3.60. The topological polar surface area (TPSA) is 43.2 Å². The maximum atomic E-state index is 6.10. The third-order valence-corrected chi connectivity index (χ3v) is 5.33. The quantitative estimate of drug-likeness (QED) is 0.682. The molecule has 5 heteroatoms. The fourth-order valence-corrected chi connectivity index (χ4v) is 3.90. The molecule has 4 rings (SSSR count). The minimum Gasteiger partial charge on any atom is -0.369 e. The Morgan fingerprint density at radius 3 is 2.79 bits per heavy atom. The van der Waals surface area contributed by atoms with Crippen LogP contribution in [0.4, 0.5) is 0 Å². The molecule has 1 aromatic carbocycles. The molecular weight excluding hydrogens is 348 g/mol. The molecule has 1 fully saturated rings. The molecule has 0 N–H and O–H groups in total. The first-order valence-corrected chi connectivity index (χ1v) is 9.90. The lowest BCUT2D eigenvalue weighted by molar-refractivity contribution is -0.0350. The Morgan fingerprint density at radius 1 is 1.14 bits per heavy atom. The van der Waals surface area contributed by atoms with Gasteiger partial charge in [-0.2, -0.15) is 5.10 Å². The van der Waals surface area contributed by atoms with Crippen molar-refractivity contribution < 1.29 is 4.74 Å². The van der Waals surface area contributed by atoms with Crippen molar-refractivity contribution in [1.29, 1.82) is 0 Å². The van der Waals surface area contributed by atoms with Crippen LogP contribution in [0, 0.1) is 13.8 Å². The summed E-state index contributed by atoms with van der Waals surface area (Å²) in [5.41, 5.74) is 7.32. The number of morpholine rings is 1. The van der Waals surface area contributed by atoms with E-state index < -0.39 is 0 Å². The van der Waals surface area contributed by atoms with Crippen molar-refractivity contribution in [2.75, 3.05) is 19.7 Å². The molecule has 0 radical (unpaired) electrons. The fourth-order valence-electron chi connectivity index (χ4n) is 3.90. The number of aryl methyl sites for hydroxylation is 3. The normalized spacial score (nSPS) is 17.8. The summed E-state index contributed by atoms with van der Waals surface area (Å²) in [6, 6.07) is 13.0. The number of rotatable bonds is 5. The van der Waals surface area contributed by atoms with E-state index in [9.17, 15) is 0 Å². The zero-order valence-electron chi connectivity index (χ0n) is 16.9. The number of hydrogen-bond acceptors (Lipinski definition) is 4. The number of ether oxygens (including phenoxy) is 1. The molecule has 5 nitrogen and oxygen atoms in total. The highest BCUT2D eigenvalue weighted by Crippen LogP contribution is 2.24. The van der Waals surface area contributed by atoms with E-state index in [1.54, 1.807) is 0 Å². The lowest BCUT2D eigenvalue weighted by Crippen LogP contribution is -2.38. The molecule has 1 unspecified atom stereocenters. The van der Waals surface area contributed by atoms with Crippen LogP contribution in [-0.2, 0) is 24.8 Å². The van der Waals surface area contributed by atoms with Gasteiger partial charge in [0.15, 0.2) is 0 Å². The molecular formula is C23H28N4O. The van der Waals surface area contributed by atoms with E-state index in [-0.39, 0.29) is 6.10 Å². The smallest absolute Gasteiger partial charge is 0.112 e. The molecule has 3 aromatic rings. The summed E-state index contributed by atoms with van der Waals surface area (Å²) in [6.45, 7) is 7.66. The van der Waals surface area contributed by atoms with Crippen molar-refractivity contribution in [3.05, 3.63) is 82.4 Å². The van der Waals surface area contributed by atoms with Crippen LogP contribution in [-0.4, -0.2) is 39.4 Å². The number of aromatic nitrogens is 3.